The summed E-state index contributed by atoms with van der Waals surface area (Å²) in [7, 11) is 0. The summed E-state index contributed by atoms with van der Waals surface area (Å²) in [6, 6.07) is 0.253. The van der Waals surface area contributed by atoms with Crippen molar-refractivity contribution in [2.45, 2.75) is 47.1 Å². The Morgan fingerprint density at radius 2 is 1.88 bits per heavy atom. The average Bonchev–Trinajstić information content (AvgIpc) is 2.54. The number of nitrogens with zero attached hydrogens (tertiary/aromatic N) is 1. The van der Waals surface area contributed by atoms with E-state index in [2.05, 4.69) is 45.1 Å². The Balaban J connectivity index is 2.32. The lowest BCUT2D eigenvalue weighted by Crippen LogP contribution is -2.33. The van der Waals surface area contributed by atoms with Crippen LogP contribution in [0.15, 0.2) is 5.16 Å². The maximum absolute atomic E-state index is 8.47. The quantitative estimate of drug-likeness (QED) is 0.290. The van der Waals surface area contributed by atoms with Gasteiger partial charge in [0.25, 0.3) is 0 Å². The first kappa shape index (κ1) is 13.3. The number of nitrogens with one attached hydrogen (secondary N) is 1. The van der Waals surface area contributed by atoms with Gasteiger partial charge in [-0.3, -0.25) is 0 Å². The van der Waals surface area contributed by atoms with Crippen LogP contribution in [-0.2, 0) is 0 Å². The molecule has 1 aliphatic carbocycles. The monoisotopic (exact) mass is 227 g/mol. The number of hydrogen-bond acceptors (Lipinski definition) is 3. The van der Waals surface area contributed by atoms with Crippen LogP contribution in [0.4, 0.5) is 0 Å². The van der Waals surface area contributed by atoms with Crippen LogP contribution >= 0.6 is 0 Å². The molecule has 0 amide bonds. The van der Waals surface area contributed by atoms with Gasteiger partial charge in [-0.25, -0.2) is 0 Å². The maximum atomic E-state index is 8.47. The van der Waals surface area contributed by atoms with Gasteiger partial charge in [-0.1, -0.05) is 32.9 Å². The average molecular weight is 227 g/mol. The van der Waals surface area contributed by atoms with Crippen LogP contribution in [-0.4, -0.2) is 23.6 Å². The van der Waals surface area contributed by atoms with E-state index in [1.54, 1.807) is 0 Å². The lowest BCUT2D eigenvalue weighted by atomic mass is 10.0. The van der Waals surface area contributed by atoms with Crippen molar-refractivity contribution in [3.05, 3.63) is 0 Å². The number of oxime groups is 1. The molecule has 0 aromatic rings. The van der Waals surface area contributed by atoms with Gasteiger partial charge in [-0.05, 0) is 30.2 Å². The van der Waals surface area contributed by atoms with Crippen LogP contribution in [0, 0.1) is 16.7 Å². The summed E-state index contributed by atoms with van der Waals surface area (Å²) in [5.41, 5.74) is 6.29. The van der Waals surface area contributed by atoms with Crippen LogP contribution in [0.3, 0.4) is 0 Å². The van der Waals surface area contributed by atoms with Gasteiger partial charge in [-0.15, -0.1) is 0 Å². The molecule has 0 aromatic carbocycles. The molecule has 1 saturated carbocycles. The molecule has 0 spiro atoms. The first-order chi connectivity index (χ1) is 7.23. The third-order valence-electron chi connectivity index (χ3n) is 4.63. The molecule has 1 fully saturated rings. The zero-order valence-corrected chi connectivity index (χ0v) is 11.0. The number of nitrogens with two attached hydrogens (primary N) is 1. The lowest BCUT2D eigenvalue weighted by molar-refractivity contribution is 0.315. The number of rotatable bonds is 5. The molecule has 4 heteroatoms. The Morgan fingerprint density at radius 1 is 1.38 bits per heavy atom. The summed E-state index contributed by atoms with van der Waals surface area (Å²) in [5.74, 6) is 0.990. The van der Waals surface area contributed by atoms with Gasteiger partial charge >= 0.3 is 0 Å². The fourth-order valence-corrected chi connectivity index (χ4v) is 2.59. The molecule has 1 atom stereocenters. The molecule has 0 heterocycles. The molecule has 94 valence electrons. The molecular formula is C12H25N3O. The SMILES string of the molecule is CC(CC(N)=NO)NCC1C(C)(C)C1(C)C. The van der Waals surface area contributed by atoms with Crippen molar-refractivity contribution in [2.75, 3.05) is 6.54 Å². The summed E-state index contributed by atoms with van der Waals surface area (Å²) in [5, 5.41) is 14.9. The van der Waals surface area contributed by atoms with Crippen molar-refractivity contribution in [3.8, 4) is 0 Å². The molecule has 4 N–H and O–H groups in total. The highest BCUT2D eigenvalue weighted by atomic mass is 16.4. The Labute approximate surface area is 98.3 Å². The summed E-state index contributed by atoms with van der Waals surface area (Å²) >= 11 is 0. The Kier molecular flexibility index (Phi) is 3.53. The standard InChI is InChI=1S/C12H25N3O/c1-8(6-10(13)15-16)14-7-9-11(2,3)12(9,4)5/h8-9,14,16H,6-7H2,1-5H3,(H2,13,15). The molecule has 0 bridgehead atoms. The van der Waals surface area contributed by atoms with Gasteiger partial charge in [0.1, 0.15) is 5.84 Å². The topological polar surface area (TPSA) is 70.6 Å². The van der Waals surface area contributed by atoms with E-state index in [0.717, 1.165) is 6.54 Å². The van der Waals surface area contributed by atoms with Gasteiger partial charge in [0, 0.05) is 12.5 Å². The fourth-order valence-electron chi connectivity index (χ4n) is 2.59. The minimum absolute atomic E-state index is 0.253. The van der Waals surface area contributed by atoms with Crippen molar-refractivity contribution in [1.29, 1.82) is 0 Å². The van der Waals surface area contributed by atoms with Crippen molar-refractivity contribution in [3.63, 3.8) is 0 Å². The Bertz CT molecular complexity index is 270. The van der Waals surface area contributed by atoms with Crippen LogP contribution < -0.4 is 11.1 Å². The van der Waals surface area contributed by atoms with Crippen LogP contribution in [0.5, 0.6) is 0 Å². The first-order valence-electron chi connectivity index (χ1n) is 5.93. The second kappa shape index (κ2) is 4.24. The van der Waals surface area contributed by atoms with Gasteiger partial charge in [-0.2, -0.15) is 0 Å². The van der Waals surface area contributed by atoms with Crippen LogP contribution in [0.25, 0.3) is 0 Å². The molecule has 0 aliphatic heterocycles. The predicted molar refractivity (Wildman–Crippen MR) is 66.5 cm³/mol. The van der Waals surface area contributed by atoms with Crippen LogP contribution in [0.2, 0.25) is 0 Å². The highest BCUT2D eigenvalue weighted by molar-refractivity contribution is 5.80. The van der Waals surface area contributed by atoms with E-state index < -0.39 is 0 Å². The summed E-state index contributed by atoms with van der Waals surface area (Å²) in [6.07, 6.45) is 0.587. The van der Waals surface area contributed by atoms with Crippen molar-refractivity contribution in [2.24, 2.45) is 27.6 Å². The Hall–Kier alpha value is -0.770. The largest absolute Gasteiger partial charge is 0.409 e. The summed E-state index contributed by atoms with van der Waals surface area (Å²) in [4.78, 5) is 0. The number of amidine groups is 1. The molecule has 0 aromatic heterocycles. The van der Waals surface area contributed by atoms with E-state index in [1.165, 1.54) is 0 Å². The Morgan fingerprint density at radius 3 is 2.25 bits per heavy atom. The molecule has 16 heavy (non-hydrogen) atoms. The molecule has 4 nitrogen and oxygen atoms in total. The summed E-state index contributed by atoms with van der Waals surface area (Å²) in [6.45, 7) is 12.3. The summed E-state index contributed by atoms with van der Waals surface area (Å²) < 4.78 is 0. The highest BCUT2D eigenvalue weighted by Crippen LogP contribution is 2.67. The maximum Gasteiger partial charge on any atom is 0.140 e. The van der Waals surface area contributed by atoms with Gasteiger partial charge in [0.2, 0.25) is 0 Å². The van der Waals surface area contributed by atoms with Crippen molar-refractivity contribution >= 4 is 5.84 Å². The number of hydrogen-bond donors (Lipinski definition) is 3. The van der Waals surface area contributed by atoms with E-state index in [-0.39, 0.29) is 11.9 Å². The molecule has 0 saturated heterocycles. The first-order valence-corrected chi connectivity index (χ1v) is 5.93. The van der Waals surface area contributed by atoms with E-state index in [4.69, 9.17) is 10.9 Å². The zero-order valence-electron chi connectivity index (χ0n) is 11.0. The molecular weight excluding hydrogens is 202 g/mol. The van der Waals surface area contributed by atoms with Crippen molar-refractivity contribution < 1.29 is 5.21 Å². The smallest absolute Gasteiger partial charge is 0.140 e. The minimum atomic E-state index is 0.253. The molecule has 1 aliphatic rings. The highest BCUT2D eigenvalue weighted by Gasteiger charge is 2.63. The van der Waals surface area contributed by atoms with E-state index in [0.29, 0.717) is 23.2 Å². The van der Waals surface area contributed by atoms with E-state index in [9.17, 15) is 0 Å². The van der Waals surface area contributed by atoms with Crippen LogP contribution in [0.1, 0.15) is 41.0 Å². The normalized spacial score (nSPS) is 25.4. The zero-order chi connectivity index (χ0) is 12.6. The van der Waals surface area contributed by atoms with Gasteiger partial charge in [0.05, 0.1) is 0 Å². The van der Waals surface area contributed by atoms with Gasteiger partial charge in [0.15, 0.2) is 0 Å². The second-order valence-corrected chi connectivity index (χ2v) is 6.10. The lowest BCUT2D eigenvalue weighted by Gasteiger charge is -2.13. The van der Waals surface area contributed by atoms with E-state index in [1.807, 2.05) is 0 Å². The third-order valence-corrected chi connectivity index (χ3v) is 4.63. The van der Waals surface area contributed by atoms with Gasteiger partial charge < -0.3 is 16.3 Å². The minimum Gasteiger partial charge on any atom is -0.409 e. The van der Waals surface area contributed by atoms with E-state index >= 15 is 0 Å². The van der Waals surface area contributed by atoms with Crippen molar-refractivity contribution in [1.82, 2.24) is 5.32 Å². The molecule has 1 unspecified atom stereocenters. The second-order valence-electron chi connectivity index (χ2n) is 6.10. The molecule has 1 rings (SSSR count). The molecule has 0 radical (unpaired) electrons. The predicted octanol–water partition coefficient (Wildman–Crippen LogP) is 1.78. The third kappa shape index (κ3) is 2.32. The fraction of sp³-hybridized carbons (Fsp3) is 0.917.